The van der Waals surface area contributed by atoms with Crippen molar-refractivity contribution in [2.24, 2.45) is 0 Å². The van der Waals surface area contributed by atoms with E-state index in [1.807, 2.05) is 12.1 Å². The van der Waals surface area contributed by atoms with Gasteiger partial charge in [0.15, 0.2) is 0 Å². The number of nitrogens with zero attached hydrogens (tertiary/aromatic N) is 1. The van der Waals surface area contributed by atoms with Gasteiger partial charge in [0.1, 0.15) is 5.65 Å². The third kappa shape index (κ3) is 1.15. The SMILES string of the molecule is Cc1c2ccccc2nc2[nH]c3ccccc3c12. The van der Waals surface area contributed by atoms with Crippen LogP contribution in [-0.4, -0.2) is 9.97 Å². The van der Waals surface area contributed by atoms with Crippen LogP contribution in [0.5, 0.6) is 0 Å². The van der Waals surface area contributed by atoms with Gasteiger partial charge in [0.05, 0.1) is 5.52 Å². The Morgan fingerprint density at radius 2 is 1.61 bits per heavy atom. The Bertz CT molecular complexity index is 887. The van der Waals surface area contributed by atoms with Crippen LogP contribution in [0.15, 0.2) is 48.5 Å². The lowest BCUT2D eigenvalue weighted by Crippen LogP contribution is -1.85. The molecule has 0 aliphatic rings. The molecule has 4 aromatic rings. The topological polar surface area (TPSA) is 28.7 Å². The molecular weight excluding hydrogens is 220 g/mol. The Balaban J connectivity index is 2.34. The summed E-state index contributed by atoms with van der Waals surface area (Å²) >= 11 is 0. The highest BCUT2D eigenvalue weighted by Crippen LogP contribution is 2.31. The van der Waals surface area contributed by atoms with Crippen LogP contribution < -0.4 is 0 Å². The van der Waals surface area contributed by atoms with E-state index in [0.717, 1.165) is 16.7 Å². The van der Waals surface area contributed by atoms with Crippen LogP contribution in [0, 0.1) is 6.92 Å². The Kier molecular flexibility index (Phi) is 1.78. The van der Waals surface area contributed by atoms with Crippen molar-refractivity contribution in [1.29, 1.82) is 0 Å². The van der Waals surface area contributed by atoms with E-state index in [-0.39, 0.29) is 0 Å². The molecule has 0 radical (unpaired) electrons. The predicted molar refractivity (Wildman–Crippen MR) is 75.8 cm³/mol. The maximum atomic E-state index is 4.72. The second kappa shape index (κ2) is 3.33. The lowest BCUT2D eigenvalue weighted by atomic mass is 10.0. The molecular formula is C16H12N2. The molecule has 2 heterocycles. The lowest BCUT2D eigenvalue weighted by Gasteiger charge is -2.03. The van der Waals surface area contributed by atoms with Gasteiger partial charge in [0.25, 0.3) is 0 Å². The van der Waals surface area contributed by atoms with Crippen molar-refractivity contribution in [3.8, 4) is 0 Å². The fraction of sp³-hybridized carbons (Fsp3) is 0.0625. The van der Waals surface area contributed by atoms with Gasteiger partial charge in [-0.3, -0.25) is 0 Å². The van der Waals surface area contributed by atoms with Gasteiger partial charge in [-0.15, -0.1) is 0 Å². The Morgan fingerprint density at radius 1 is 0.889 bits per heavy atom. The van der Waals surface area contributed by atoms with Crippen molar-refractivity contribution < 1.29 is 0 Å². The molecule has 4 rings (SSSR count). The number of para-hydroxylation sites is 2. The normalized spacial score (nSPS) is 11.6. The zero-order valence-electron chi connectivity index (χ0n) is 10.1. The summed E-state index contributed by atoms with van der Waals surface area (Å²) in [6.45, 7) is 2.17. The summed E-state index contributed by atoms with van der Waals surface area (Å²) in [5.41, 5.74) is 4.48. The molecule has 0 unspecified atom stereocenters. The quantitative estimate of drug-likeness (QED) is 0.484. The standard InChI is InChI=1S/C16H12N2/c1-10-11-6-2-4-8-13(11)17-16-15(10)12-7-3-5-9-14(12)18-16/h2-9H,1H3,(H,17,18). The van der Waals surface area contributed by atoms with Crippen molar-refractivity contribution in [2.75, 3.05) is 0 Å². The van der Waals surface area contributed by atoms with E-state index >= 15 is 0 Å². The molecule has 0 spiro atoms. The van der Waals surface area contributed by atoms with Crippen LogP contribution in [0.2, 0.25) is 0 Å². The van der Waals surface area contributed by atoms with E-state index in [1.165, 1.54) is 21.7 Å². The number of aromatic nitrogens is 2. The minimum Gasteiger partial charge on any atom is -0.339 e. The number of pyridine rings is 1. The number of aromatic amines is 1. The fourth-order valence-corrected chi connectivity index (χ4v) is 2.73. The number of benzene rings is 2. The highest BCUT2D eigenvalue weighted by molar-refractivity contribution is 6.11. The van der Waals surface area contributed by atoms with Crippen LogP contribution in [0.25, 0.3) is 32.8 Å². The molecule has 0 amide bonds. The molecule has 0 fully saturated rings. The Morgan fingerprint density at radius 3 is 2.50 bits per heavy atom. The fourth-order valence-electron chi connectivity index (χ4n) is 2.73. The average Bonchev–Trinajstić information content (AvgIpc) is 2.77. The number of H-pyrrole nitrogens is 1. The van der Waals surface area contributed by atoms with Gasteiger partial charge in [0.2, 0.25) is 0 Å². The van der Waals surface area contributed by atoms with Gasteiger partial charge >= 0.3 is 0 Å². The number of fused-ring (bicyclic) bond motifs is 4. The predicted octanol–water partition coefficient (Wildman–Crippen LogP) is 4.18. The van der Waals surface area contributed by atoms with Crippen molar-refractivity contribution in [2.45, 2.75) is 6.92 Å². The summed E-state index contributed by atoms with van der Waals surface area (Å²) < 4.78 is 0. The summed E-state index contributed by atoms with van der Waals surface area (Å²) in [4.78, 5) is 8.12. The molecule has 2 aromatic carbocycles. The van der Waals surface area contributed by atoms with Gasteiger partial charge in [-0.25, -0.2) is 4.98 Å². The van der Waals surface area contributed by atoms with Crippen LogP contribution >= 0.6 is 0 Å². The molecule has 0 aliphatic carbocycles. The molecule has 18 heavy (non-hydrogen) atoms. The van der Waals surface area contributed by atoms with E-state index in [9.17, 15) is 0 Å². The molecule has 1 N–H and O–H groups in total. The van der Waals surface area contributed by atoms with Gasteiger partial charge in [-0.2, -0.15) is 0 Å². The van der Waals surface area contributed by atoms with E-state index in [1.54, 1.807) is 0 Å². The molecule has 2 nitrogen and oxygen atoms in total. The van der Waals surface area contributed by atoms with E-state index in [4.69, 9.17) is 4.98 Å². The van der Waals surface area contributed by atoms with Crippen LogP contribution in [0.3, 0.4) is 0 Å². The summed E-state index contributed by atoms with van der Waals surface area (Å²) in [6, 6.07) is 16.7. The van der Waals surface area contributed by atoms with Gasteiger partial charge in [0, 0.05) is 21.7 Å². The molecule has 0 saturated carbocycles. The molecule has 0 bridgehead atoms. The number of hydrogen-bond donors (Lipinski definition) is 1. The largest absolute Gasteiger partial charge is 0.339 e. The van der Waals surface area contributed by atoms with E-state index in [0.29, 0.717) is 0 Å². The zero-order valence-corrected chi connectivity index (χ0v) is 10.1. The van der Waals surface area contributed by atoms with Crippen LogP contribution in [-0.2, 0) is 0 Å². The van der Waals surface area contributed by atoms with Crippen molar-refractivity contribution in [3.05, 3.63) is 54.1 Å². The highest BCUT2D eigenvalue weighted by Gasteiger charge is 2.10. The second-order valence-electron chi connectivity index (χ2n) is 4.65. The van der Waals surface area contributed by atoms with Gasteiger partial charge in [-0.05, 0) is 24.6 Å². The number of aryl methyl sites for hydroxylation is 1. The first-order valence-electron chi connectivity index (χ1n) is 6.10. The first-order valence-corrected chi connectivity index (χ1v) is 6.10. The van der Waals surface area contributed by atoms with Crippen molar-refractivity contribution >= 4 is 32.8 Å². The molecule has 2 aromatic heterocycles. The first-order chi connectivity index (χ1) is 8.84. The van der Waals surface area contributed by atoms with E-state index < -0.39 is 0 Å². The minimum atomic E-state index is 0.979. The number of rotatable bonds is 0. The van der Waals surface area contributed by atoms with Crippen molar-refractivity contribution in [3.63, 3.8) is 0 Å². The zero-order chi connectivity index (χ0) is 12.1. The third-order valence-corrected chi connectivity index (χ3v) is 3.60. The molecule has 0 aliphatic heterocycles. The van der Waals surface area contributed by atoms with E-state index in [2.05, 4.69) is 48.3 Å². The third-order valence-electron chi connectivity index (χ3n) is 3.60. The average molecular weight is 232 g/mol. The Hall–Kier alpha value is -2.35. The molecule has 0 atom stereocenters. The van der Waals surface area contributed by atoms with Crippen LogP contribution in [0.4, 0.5) is 0 Å². The molecule has 0 saturated heterocycles. The maximum Gasteiger partial charge on any atom is 0.139 e. The van der Waals surface area contributed by atoms with Gasteiger partial charge < -0.3 is 4.98 Å². The van der Waals surface area contributed by atoms with Crippen molar-refractivity contribution in [1.82, 2.24) is 9.97 Å². The summed E-state index contributed by atoms with van der Waals surface area (Å²) in [5.74, 6) is 0. The summed E-state index contributed by atoms with van der Waals surface area (Å²) in [6.07, 6.45) is 0. The molecule has 2 heteroatoms. The Labute approximate surface area is 104 Å². The second-order valence-corrected chi connectivity index (χ2v) is 4.65. The number of hydrogen-bond acceptors (Lipinski definition) is 1. The van der Waals surface area contributed by atoms with Crippen LogP contribution in [0.1, 0.15) is 5.56 Å². The summed E-state index contributed by atoms with van der Waals surface area (Å²) in [7, 11) is 0. The first kappa shape index (κ1) is 9.66. The maximum absolute atomic E-state index is 4.72. The lowest BCUT2D eigenvalue weighted by molar-refractivity contribution is 1.39. The smallest absolute Gasteiger partial charge is 0.139 e. The minimum absolute atomic E-state index is 0.979. The highest BCUT2D eigenvalue weighted by atomic mass is 14.9. The molecule has 86 valence electrons. The number of nitrogens with one attached hydrogen (secondary N) is 1. The van der Waals surface area contributed by atoms with Gasteiger partial charge in [-0.1, -0.05) is 36.4 Å². The summed E-state index contributed by atoms with van der Waals surface area (Å²) in [5, 5.41) is 3.72. The monoisotopic (exact) mass is 232 g/mol.